The lowest BCUT2D eigenvalue weighted by atomic mass is 9.74. The molecule has 0 aliphatic heterocycles. The molecule has 0 atom stereocenters. The van der Waals surface area contributed by atoms with Gasteiger partial charge >= 0.3 is 0 Å². The van der Waals surface area contributed by atoms with E-state index in [1.807, 2.05) is 0 Å². The van der Waals surface area contributed by atoms with Gasteiger partial charge < -0.3 is 10.5 Å². The summed E-state index contributed by atoms with van der Waals surface area (Å²) in [5.74, 6) is 1.69. The molecule has 1 saturated carbocycles. The minimum absolute atomic E-state index is 0.0115. The minimum atomic E-state index is 0.0115. The average molecular weight is 255 g/mol. The van der Waals surface area contributed by atoms with Crippen LogP contribution in [0.4, 0.5) is 0 Å². The first-order valence-corrected chi connectivity index (χ1v) is 7.97. The lowest BCUT2D eigenvalue weighted by Crippen LogP contribution is -2.44. The van der Waals surface area contributed by atoms with Gasteiger partial charge in [0.15, 0.2) is 0 Å². The number of nitrogens with two attached hydrogens (primary N) is 1. The summed E-state index contributed by atoms with van der Waals surface area (Å²) in [6.45, 7) is 8.53. The topological polar surface area (TPSA) is 35.2 Å². The van der Waals surface area contributed by atoms with Gasteiger partial charge in [-0.1, -0.05) is 40.0 Å². The molecule has 0 aromatic heterocycles. The largest absolute Gasteiger partial charge is 0.374 e. The standard InChI is InChI=1S/C16H33NO/c1-4-5-6-7-12-18-16(13-17)10-8-15(9-11-16)14(2)3/h14-15H,4-13,17H2,1-3H3. The molecule has 0 aromatic carbocycles. The molecule has 1 aliphatic rings. The Morgan fingerprint density at radius 3 is 2.33 bits per heavy atom. The number of hydrogen-bond acceptors (Lipinski definition) is 2. The van der Waals surface area contributed by atoms with Crippen LogP contribution >= 0.6 is 0 Å². The van der Waals surface area contributed by atoms with E-state index in [0.29, 0.717) is 6.54 Å². The fourth-order valence-electron chi connectivity index (χ4n) is 3.06. The first-order chi connectivity index (χ1) is 8.63. The van der Waals surface area contributed by atoms with Gasteiger partial charge in [0.25, 0.3) is 0 Å². The van der Waals surface area contributed by atoms with Crippen molar-refractivity contribution in [2.24, 2.45) is 17.6 Å². The zero-order valence-electron chi connectivity index (χ0n) is 12.7. The van der Waals surface area contributed by atoms with Crippen molar-refractivity contribution < 1.29 is 4.74 Å². The lowest BCUT2D eigenvalue weighted by molar-refractivity contribution is -0.0755. The Kier molecular flexibility index (Phi) is 7.25. The summed E-state index contributed by atoms with van der Waals surface area (Å²) in [5, 5.41) is 0. The Morgan fingerprint density at radius 2 is 1.83 bits per heavy atom. The molecule has 0 spiro atoms. The molecule has 2 heteroatoms. The van der Waals surface area contributed by atoms with Gasteiger partial charge in [-0.2, -0.15) is 0 Å². The first kappa shape index (κ1) is 16.0. The number of hydrogen-bond donors (Lipinski definition) is 1. The molecule has 2 N–H and O–H groups in total. The molecule has 0 bridgehead atoms. The van der Waals surface area contributed by atoms with Crippen LogP contribution in [0.5, 0.6) is 0 Å². The van der Waals surface area contributed by atoms with Crippen molar-refractivity contribution in [2.45, 2.75) is 77.7 Å². The van der Waals surface area contributed by atoms with E-state index >= 15 is 0 Å². The van der Waals surface area contributed by atoms with Crippen LogP contribution in [0.15, 0.2) is 0 Å². The van der Waals surface area contributed by atoms with E-state index in [1.54, 1.807) is 0 Å². The molecule has 0 unspecified atom stereocenters. The SMILES string of the molecule is CCCCCCOC1(CN)CCC(C(C)C)CC1. The third-order valence-electron chi connectivity index (χ3n) is 4.66. The first-order valence-electron chi connectivity index (χ1n) is 7.97. The van der Waals surface area contributed by atoms with E-state index in [0.717, 1.165) is 18.4 Å². The van der Waals surface area contributed by atoms with Crippen LogP contribution in [-0.4, -0.2) is 18.8 Å². The Labute approximate surface area is 114 Å². The van der Waals surface area contributed by atoms with Crippen LogP contribution in [0, 0.1) is 11.8 Å². The highest BCUT2D eigenvalue weighted by Gasteiger charge is 2.35. The van der Waals surface area contributed by atoms with Crippen molar-refractivity contribution in [3.05, 3.63) is 0 Å². The molecule has 1 rings (SSSR count). The molecule has 0 aromatic rings. The van der Waals surface area contributed by atoms with Crippen LogP contribution in [0.25, 0.3) is 0 Å². The Hall–Kier alpha value is -0.0800. The van der Waals surface area contributed by atoms with Crippen molar-refractivity contribution in [1.82, 2.24) is 0 Å². The van der Waals surface area contributed by atoms with E-state index in [9.17, 15) is 0 Å². The average Bonchev–Trinajstić information content (AvgIpc) is 2.39. The highest BCUT2D eigenvalue weighted by Crippen LogP contribution is 2.37. The van der Waals surface area contributed by atoms with Crippen LogP contribution in [0.1, 0.15) is 72.1 Å². The second-order valence-electron chi connectivity index (χ2n) is 6.38. The third-order valence-corrected chi connectivity index (χ3v) is 4.66. The van der Waals surface area contributed by atoms with E-state index in [1.165, 1.54) is 51.4 Å². The Balaban J connectivity index is 2.27. The monoisotopic (exact) mass is 255 g/mol. The number of rotatable bonds is 8. The van der Waals surface area contributed by atoms with Gasteiger partial charge in [-0.25, -0.2) is 0 Å². The molecule has 0 saturated heterocycles. The van der Waals surface area contributed by atoms with Gasteiger partial charge in [0.2, 0.25) is 0 Å². The lowest BCUT2D eigenvalue weighted by Gasteiger charge is -2.40. The fraction of sp³-hybridized carbons (Fsp3) is 1.00. The Bertz CT molecular complexity index is 207. The van der Waals surface area contributed by atoms with Crippen molar-refractivity contribution in [1.29, 1.82) is 0 Å². The summed E-state index contributed by atoms with van der Waals surface area (Å²) in [6.07, 6.45) is 10.0. The summed E-state index contributed by atoms with van der Waals surface area (Å²) in [5.41, 5.74) is 5.99. The van der Waals surface area contributed by atoms with Crippen LogP contribution in [0.2, 0.25) is 0 Å². The summed E-state index contributed by atoms with van der Waals surface area (Å²) >= 11 is 0. The zero-order chi connectivity index (χ0) is 13.4. The van der Waals surface area contributed by atoms with Crippen LogP contribution < -0.4 is 5.73 Å². The number of ether oxygens (including phenoxy) is 1. The predicted molar refractivity (Wildman–Crippen MR) is 78.7 cm³/mol. The summed E-state index contributed by atoms with van der Waals surface area (Å²) in [6, 6.07) is 0. The molecule has 1 aliphatic carbocycles. The summed E-state index contributed by atoms with van der Waals surface area (Å²) in [7, 11) is 0. The van der Waals surface area contributed by atoms with Gasteiger partial charge in [-0.3, -0.25) is 0 Å². The van der Waals surface area contributed by atoms with E-state index < -0.39 is 0 Å². The van der Waals surface area contributed by atoms with Crippen LogP contribution in [-0.2, 0) is 4.74 Å². The van der Waals surface area contributed by atoms with Crippen molar-refractivity contribution >= 4 is 0 Å². The number of unbranched alkanes of at least 4 members (excludes halogenated alkanes) is 3. The minimum Gasteiger partial charge on any atom is -0.374 e. The van der Waals surface area contributed by atoms with E-state index in [-0.39, 0.29) is 5.60 Å². The summed E-state index contributed by atoms with van der Waals surface area (Å²) < 4.78 is 6.17. The summed E-state index contributed by atoms with van der Waals surface area (Å²) in [4.78, 5) is 0. The van der Waals surface area contributed by atoms with Gasteiger partial charge in [0.05, 0.1) is 5.60 Å². The van der Waals surface area contributed by atoms with E-state index in [2.05, 4.69) is 20.8 Å². The Morgan fingerprint density at radius 1 is 1.17 bits per heavy atom. The molecule has 2 nitrogen and oxygen atoms in total. The maximum atomic E-state index is 6.17. The zero-order valence-corrected chi connectivity index (χ0v) is 12.7. The van der Waals surface area contributed by atoms with Crippen LogP contribution in [0.3, 0.4) is 0 Å². The highest BCUT2D eigenvalue weighted by molar-refractivity contribution is 4.89. The van der Waals surface area contributed by atoms with Crippen molar-refractivity contribution in [3.8, 4) is 0 Å². The van der Waals surface area contributed by atoms with Gasteiger partial charge in [0.1, 0.15) is 0 Å². The second kappa shape index (κ2) is 8.16. The maximum absolute atomic E-state index is 6.17. The highest BCUT2D eigenvalue weighted by atomic mass is 16.5. The molecule has 0 amide bonds. The molecule has 18 heavy (non-hydrogen) atoms. The van der Waals surface area contributed by atoms with Gasteiger partial charge in [0, 0.05) is 13.2 Å². The molecule has 108 valence electrons. The molecular formula is C16H33NO. The maximum Gasteiger partial charge on any atom is 0.0804 e. The normalized spacial score (nSPS) is 28.8. The van der Waals surface area contributed by atoms with Crippen molar-refractivity contribution in [3.63, 3.8) is 0 Å². The molecule has 0 radical (unpaired) electrons. The van der Waals surface area contributed by atoms with Crippen molar-refractivity contribution in [2.75, 3.05) is 13.2 Å². The van der Waals surface area contributed by atoms with Gasteiger partial charge in [-0.15, -0.1) is 0 Å². The smallest absolute Gasteiger partial charge is 0.0804 e. The fourth-order valence-corrected chi connectivity index (χ4v) is 3.06. The quantitative estimate of drug-likeness (QED) is 0.662. The third kappa shape index (κ3) is 4.89. The second-order valence-corrected chi connectivity index (χ2v) is 6.38. The molecule has 1 fully saturated rings. The van der Waals surface area contributed by atoms with Gasteiger partial charge in [-0.05, 0) is 43.9 Å². The van der Waals surface area contributed by atoms with E-state index in [4.69, 9.17) is 10.5 Å². The molecule has 0 heterocycles. The molecular weight excluding hydrogens is 222 g/mol. The predicted octanol–water partition coefficient (Wildman–Crippen LogP) is 4.13.